The van der Waals surface area contributed by atoms with E-state index in [4.69, 9.17) is 43.6 Å². The molecule has 7 rings (SSSR count). The van der Waals surface area contributed by atoms with Crippen molar-refractivity contribution in [3.8, 4) is 23.0 Å². The molecular formula is C61H82N8O17S2. The van der Waals surface area contributed by atoms with Gasteiger partial charge in [-0.15, -0.1) is 0 Å². The second-order valence-electron chi connectivity index (χ2n) is 22.5. The average molecular weight is 1260 g/mol. The Labute approximate surface area is 520 Å². The number of nitrogens with zero attached hydrogens (tertiary/aromatic N) is 4. The molecule has 3 aromatic carbocycles. The maximum atomic E-state index is 14.3. The van der Waals surface area contributed by atoms with E-state index in [9.17, 15) is 43.8 Å². The summed E-state index contributed by atoms with van der Waals surface area (Å²) >= 11 is 0. The Morgan fingerprint density at radius 3 is 1.80 bits per heavy atom. The highest BCUT2D eigenvalue weighted by molar-refractivity contribution is 8.77. The predicted molar refractivity (Wildman–Crippen MR) is 332 cm³/mol. The van der Waals surface area contributed by atoms with Crippen LogP contribution in [0.2, 0.25) is 0 Å². The van der Waals surface area contributed by atoms with Crippen LogP contribution in [0.25, 0.3) is 0 Å². The number of carbonyl (C=O) groups excluding carboxylic acids is 7. The van der Waals surface area contributed by atoms with Gasteiger partial charge in [-0.3, -0.25) is 24.0 Å². The van der Waals surface area contributed by atoms with E-state index in [1.54, 1.807) is 56.0 Å². The molecule has 0 saturated carbocycles. The number of amides is 7. The number of rotatable bonds is 29. The summed E-state index contributed by atoms with van der Waals surface area (Å²) in [6.07, 6.45) is -3.38. The van der Waals surface area contributed by atoms with Crippen LogP contribution in [-0.2, 0) is 39.9 Å². The van der Waals surface area contributed by atoms with Gasteiger partial charge >= 0.3 is 12.2 Å². The van der Waals surface area contributed by atoms with E-state index in [-0.39, 0.29) is 121 Å². The summed E-state index contributed by atoms with van der Waals surface area (Å²) in [4.78, 5) is 99.6. The Balaban J connectivity index is 0.997. The van der Waals surface area contributed by atoms with Crippen LogP contribution in [0.3, 0.4) is 0 Å². The molecular weight excluding hydrogens is 1180 g/mol. The molecule has 2 fully saturated rings. The fourth-order valence-corrected chi connectivity index (χ4v) is 12.5. The Kier molecular flexibility index (Phi) is 24.2. The number of fused-ring (bicyclic) bond motifs is 4. The minimum atomic E-state index is -1.58. The summed E-state index contributed by atoms with van der Waals surface area (Å²) in [6, 6.07) is 8.88. The molecule has 4 heterocycles. The zero-order valence-corrected chi connectivity index (χ0v) is 52.7. The molecule has 0 spiro atoms. The third-order valence-corrected chi connectivity index (χ3v) is 18.4. The molecule has 3 aromatic rings. The van der Waals surface area contributed by atoms with Crippen LogP contribution in [0.15, 0.2) is 72.8 Å². The standard InChI is InChI=1S/C61H82N8O17S2/c1-35(2)52(62)54(72)64-38(5)53(71)65-40-14-12-39(13-15-40)34-86-60(78)69-44-31-50(48(81-10)29-42(44)56(74)67-33-37(4)27-46(67)58(69)76)84-20-11-19-83-49-30-43-41(28-47(49)80-9)55(73)66-32-36(3)26-45(66)57(75)68(43)59(77)85-24-25-87-88-61(6,7)17-16-51(70)63-18-21-82-23-22-79-8/h12-15,28-31,35,38,45-46,52,57-58,75-76H,3-4,11,16-27,32-34,62H2,1-2,5-10H3,(H,63,70)(H,64,72)(H,65,71)/t38-,45-,46-,52-,57-,58-/m0/s1. The lowest BCUT2D eigenvalue weighted by Crippen LogP contribution is -2.51. The number of benzene rings is 3. The summed E-state index contributed by atoms with van der Waals surface area (Å²) in [5, 5.41) is 32.1. The normalized spacial score (nSPS) is 18.7. The molecule has 4 aliphatic heterocycles. The third-order valence-electron chi connectivity index (χ3n) is 15.1. The van der Waals surface area contributed by atoms with E-state index in [1.165, 1.54) is 66.0 Å². The number of anilines is 3. The zero-order chi connectivity index (χ0) is 64.0. The smallest absolute Gasteiger partial charge is 0.416 e. The molecule has 0 aromatic heterocycles. The lowest BCUT2D eigenvalue weighted by molar-refractivity contribution is -0.127. The maximum absolute atomic E-state index is 14.3. The number of carbonyl (C=O) groups is 7. The highest BCUT2D eigenvalue weighted by Crippen LogP contribution is 2.45. The van der Waals surface area contributed by atoms with Crippen molar-refractivity contribution in [1.29, 1.82) is 0 Å². The first kappa shape index (κ1) is 68.2. The summed E-state index contributed by atoms with van der Waals surface area (Å²) in [5.41, 5.74) is 8.38. The quantitative estimate of drug-likeness (QED) is 0.0264. The number of methoxy groups -OCH3 is 3. The van der Waals surface area contributed by atoms with Crippen LogP contribution in [0.4, 0.5) is 26.7 Å². The van der Waals surface area contributed by atoms with Crippen LogP contribution in [-0.4, -0.2) is 189 Å². The number of aliphatic hydroxyl groups excluding tert-OH is 2. The van der Waals surface area contributed by atoms with Gasteiger partial charge in [0.15, 0.2) is 35.5 Å². The molecule has 27 heteroatoms. The summed E-state index contributed by atoms with van der Waals surface area (Å²) in [6.45, 7) is 19.0. The number of hydrogen-bond acceptors (Lipinski definition) is 20. The zero-order valence-electron chi connectivity index (χ0n) is 51.1. The molecule has 0 unspecified atom stereocenters. The van der Waals surface area contributed by atoms with Gasteiger partial charge in [0.2, 0.25) is 17.7 Å². The van der Waals surface area contributed by atoms with Crippen LogP contribution in [0.5, 0.6) is 23.0 Å². The monoisotopic (exact) mass is 1260 g/mol. The summed E-state index contributed by atoms with van der Waals surface area (Å²) in [5.74, 6) is -1.11. The van der Waals surface area contributed by atoms with Crippen LogP contribution in [0.1, 0.15) is 93.0 Å². The molecule has 0 bridgehead atoms. The number of aliphatic hydroxyl groups is 2. The van der Waals surface area contributed by atoms with E-state index in [0.29, 0.717) is 67.4 Å². The molecule has 7 amide bonds. The lowest BCUT2D eigenvalue weighted by Gasteiger charge is -2.31. The van der Waals surface area contributed by atoms with Crippen LogP contribution >= 0.6 is 21.6 Å². The number of ether oxygens (including phenoxy) is 8. The topological polar surface area (TPSA) is 309 Å². The van der Waals surface area contributed by atoms with Crippen LogP contribution < -0.4 is 50.4 Å². The largest absolute Gasteiger partial charge is 0.493 e. The SMILES string of the molecule is C=C1C[C@H]2[C@H](O)N(C(=O)OCCSSC(C)(C)CCC(=O)NCCOCCOC)c3cc(OCCCOc4cc5c(cc4OC)C(=O)N4CC(=C)C[C@H]4[C@H](O)N5C(=O)OCc4ccc(NC(=O)[C@H](C)NC(=O)[C@@H](N)C(C)C)cc4)c(OC)cc3C(=O)N2C1. The number of nitrogens with one attached hydrogen (secondary N) is 3. The molecule has 0 aliphatic carbocycles. The Morgan fingerprint density at radius 1 is 0.727 bits per heavy atom. The fourth-order valence-electron chi connectivity index (χ4n) is 10.1. The van der Waals surface area contributed by atoms with E-state index in [1.807, 2.05) is 13.8 Å². The van der Waals surface area contributed by atoms with Gasteiger partial charge in [-0.2, -0.15) is 0 Å². The van der Waals surface area contributed by atoms with Crippen molar-refractivity contribution in [2.75, 3.05) is 101 Å². The maximum Gasteiger partial charge on any atom is 0.416 e. The first-order chi connectivity index (χ1) is 42.0. The Hall–Kier alpha value is -7.27. The van der Waals surface area contributed by atoms with Gasteiger partial charge < -0.3 is 79.6 Å². The first-order valence-electron chi connectivity index (χ1n) is 29.0. The van der Waals surface area contributed by atoms with Gasteiger partial charge in [0.05, 0.1) is 87.9 Å². The minimum Gasteiger partial charge on any atom is -0.493 e. The van der Waals surface area contributed by atoms with Gasteiger partial charge in [-0.05, 0) is 75.8 Å². The predicted octanol–water partition coefficient (Wildman–Crippen LogP) is 5.99. The van der Waals surface area contributed by atoms with Crippen molar-refractivity contribution < 1.29 is 81.7 Å². The molecule has 7 N–H and O–H groups in total. The van der Waals surface area contributed by atoms with Gasteiger partial charge in [-0.25, -0.2) is 19.4 Å². The van der Waals surface area contributed by atoms with Crippen molar-refractivity contribution >= 4 is 80.4 Å². The van der Waals surface area contributed by atoms with Crippen molar-refractivity contribution in [3.63, 3.8) is 0 Å². The molecule has 2 saturated heterocycles. The van der Waals surface area contributed by atoms with Crippen molar-refractivity contribution in [2.45, 2.75) is 115 Å². The molecule has 6 atom stereocenters. The van der Waals surface area contributed by atoms with Gasteiger partial charge in [0, 0.05) is 67.9 Å². The Morgan fingerprint density at radius 2 is 1.27 bits per heavy atom. The van der Waals surface area contributed by atoms with Crippen molar-refractivity contribution in [1.82, 2.24) is 20.4 Å². The lowest BCUT2D eigenvalue weighted by atomic mass is 10.0. The number of nitrogens with two attached hydrogens (primary N) is 1. The molecule has 25 nitrogen and oxygen atoms in total. The Bertz CT molecular complexity index is 3040. The van der Waals surface area contributed by atoms with Crippen molar-refractivity contribution in [2.24, 2.45) is 11.7 Å². The number of hydrogen-bond donors (Lipinski definition) is 6. The van der Waals surface area contributed by atoms with Crippen LogP contribution in [0, 0.1) is 5.92 Å². The van der Waals surface area contributed by atoms with E-state index in [2.05, 4.69) is 29.1 Å². The van der Waals surface area contributed by atoms with Gasteiger partial charge in [-0.1, -0.05) is 71.9 Å². The molecule has 88 heavy (non-hydrogen) atoms. The molecule has 4 aliphatic rings. The van der Waals surface area contributed by atoms with Gasteiger partial charge in [0.25, 0.3) is 11.8 Å². The molecule has 480 valence electrons. The van der Waals surface area contributed by atoms with E-state index in [0.717, 1.165) is 9.80 Å². The fraction of sp³-hybridized carbons (Fsp3) is 0.525. The average Bonchev–Trinajstić information content (AvgIpc) is 2.05. The minimum absolute atomic E-state index is 0.00499. The third kappa shape index (κ3) is 17.1. The van der Waals surface area contributed by atoms with Gasteiger partial charge in [0.1, 0.15) is 19.3 Å². The second-order valence-corrected chi connectivity index (χ2v) is 25.7. The highest BCUT2D eigenvalue weighted by atomic mass is 33.1. The molecule has 0 radical (unpaired) electrons. The van der Waals surface area contributed by atoms with E-state index < -0.39 is 72.4 Å². The first-order valence-corrected chi connectivity index (χ1v) is 31.3. The summed E-state index contributed by atoms with van der Waals surface area (Å²) in [7, 11) is 7.42. The highest BCUT2D eigenvalue weighted by Gasteiger charge is 2.48. The van der Waals surface area contributed by atoms with E-state index >= 15 is 0 Å². The second kappa shape index (κ2) is 31.3. The van der Waals surface area contributed by atoms with Crippen molar-refractivity contribution in [3.05, 3.63) is 89.5 Å². The summed E-state index contributed by atoms with van der Waals surface area (Å²) < 4.78 is 45.5.